The van der Waals surface area contributed by atoms with Crippen LogP contribution in [0, 0.1) is 6.92 Å². The van der Waals surface area contributed by atoms with Gasteiger partial charge in [-0.1, -0.05) is 68.8 Å². The average molecular weight is 458 g/mol. The number of amides is 1. The molecule has 1 aliphatic heterocycles. The second-order valence-electron chi connectivity index (χ2n) is 9.60. The van der Waals surface area contributed by atoms with Crippen molar-refractivity contribution in [2.45, 2.75) is 39.2 Å². The van der Waals surface area contributed by atoms with Gasteiger partial charge in [0.2, 0.25) is 5.76 Å². The molecule has 5 heteroatoms. The van der Waals surface area contributed by atoms with Crippen LogP contribution in [-0.4, -0.2) is 5.91 Å². The van der Waals surface area contributed by atoms with Crippen molar-refractivity contribution in [1.29, 1.82) is 0 Å². The lowest BCUT2D eigenvalue weighted by Crippen LogP contribution is -2.29. The van der Waals surface area contributed by atoms with Gasteiger partial charge >= 0.3 is 0 Å². The zero-order valence-corrected chi connectivity index (χ0v) is 19.7. The molecule has 0 N–H and O–H groups in total. The molecule has 0 saturated heterocycles. The third-order valence-corrected chi connectivity index (χ3v) is 6.44. The fourth-order valence-electron chi connectivity index (χ4n) is 4.47. The highest BCUT2D eigenvalue weighted by Crippen LogP contribution is 2.42. The summed E-state index contributed by atoms with van der Waals surface area (Å²) < 4.78 is 6.01. The maximum absolute atomic E-state index is 13.7. The molecule has 1 amide bonds. The predicted molar refractivity (Wildman–Crippen MR) is 132 cm³/mol. The zero-order valence-electron chi connectivity index (χ0n) is 19.0. The lowest BCUT2D eigenvalue weighted by molar-refractivity contribution is 0.0971. The fourth-order valence-corrected chi connectivity index (χ4v) is 4.64. The molecule has 5 rings (SSSR count). The zero-order chi connectivity index (χ0) is 23.5. The Morgan fingerprint density at radius 1 is 0.939 bits per heavy atom. The van der Waals surface area contributed by atoms with Crippen LogP contribution in [0.3, 0.4) is 0 Å². The highest BCUT2D eigenvalue weighted by molar-refractivity contribution is 6.31. The van der Waals surface area contributed by atoms with E-state index in [9.17, 15) is 9.59 Å². The van der Waals surface area contributed by atoms with Gasteiger partial charge in [-0.2, -0.15) is 0 Å². The van der Waals surface area contributed by atoms with E-state index < -0.39 is 6.04 Å². The lowest BCUT2D eigenvalue weighted by atomic mass is 9.86. The SMILES string of the molecule is Cc1cccc(N2C(=O)c3oc4ccc(Cl)cc4c(=O)c3C2c2ccc(C(C)(C)C)cc2)c1. The minimum Gasteiger partial charge on any atom is -0.450 e. The fraction of sp³-hybridized carbons (Fsp3) is 0.214. The highest BCUT2D eigenvalue weighted by Gasteiger charge is 2.43. The first-order chi connectivity index (χ1) is 15.6. The Labute approximate surface area is 197 Å². The largest absolute Gasteiger partial charge is 0.450 e. The van der Waals surface area contributed by atoms with Crippen LogP contribution in [0.2, 0.25) is 5.02 Å². The summed E-state index contributed by atoms with van der Waals surface area (Å²) in [6.07, 6.45) is 0. The standard InChI is InChI=1S/C28H24ClNO3/c1-16-6-5-7-20(14-16)30-24(17-8-10-18(11-9-17)28(2,3)4)23-25(31)21-15-19(29)12-13-22(21)33-26(23)27(30)32/h5-15,24H,1-4H3. The molecule has 0 bridgehead atoms. The van der Waals surface area contributed by atoms with Gasteiger partial charge in [-0.15, -0.1) is 0 Å². The van der Waals surface area contributed by atoms with Crippen LogP contribution in [0.15, 0.2) is 75.9 Å². The summed E-state index contributed by atoms with van der Waals surface area (Å²) in [7, 11) is 0. The number of carbonyl (C=O) groups is 1. The molecular weight excluding hydrogens is 434 g/mol. The maximum atomic E-state index is 13.7. The summed E-state index contributed by atoms with van der Waals surface area (Å²) in [5.74, 6) is -0.240. The van der Waals surface area contributed by atoms with E-state index in [-0.39, 0.29) is 22.5 Å². The van der Waals surface area contributed by atoms with E-state index in [1.165, 1.54) is 5.56 Å². The van der Waals surface area contributed by atoms with Crippen molar-refractivity contribution in [3.8, 4) is 0 Å². The molecule has 4 nitrogen and oxygen atoms in total. The highest BCUT2D eigenvalue weighted by atomic mass is 35.5. The van der Waals surface area contributed by atoms with Crippen LogP contribution >= 0.6 is 11.6 Å². The Balaban J connectivity index is 1.78. The Kier molecular flexibility index (Phi) is 4.95. The molecule has 0 radical (unpaired) electrons. The first kappa shape index (κ1) is 21.5. The predicted octanol–water partition coefficient (Wildman–Crippen LogP) is 6.80. The quantitative estimate of drug-likeness (QED) is 0.332. The van der Waals surface area contributed by atoms with Crippen molar-refractivity contribution in [1.82, 2.24) is 0 Å². The Morgan fingerprint density at radius 3 is 2.33 bits per heavy atom. The van der Waals surface area contributed by atoms with E-state index in [2.05, 4.69) is 32.9 Å². The minimum absolute atomic E-state index is 0.00978. The molecule has 1 aliphatic rings. The topological polar surface area (TPSA) is 50.5 Å². The van der Waals surface area contributed by atoms with E-state index in [4.69, 9.17) is 16.0 Å². The molecule has 0 spiro atoms. The Hall–Kier alpha value is -3.37. The monoisotopic (exact) mass is 457 g/mol. The summed E-state index contributed by atoms with van der Waals surface area (Å²) in [6, 6.07) is 20.1. The molecule has 1 aromatic heterocycles. The van der Waals surface area contributed by atoms with Gasteiger partial charge in [0.1, 0.15) is 5.58 Å². The molecule has 1 atom stereocenters. The van der Waals surface area contributed by atoms with Gasteiger partial charge in [0, 0.05) is 10.7 Å². The Morgan fingerprint density at radius 2 is 1.67 bits per heavy atom. The molecule has 4 aromatic rings. The van der Waals surface area contributed by atoms with E-state index in [0.717, 1.165) is 16.8 Å². The van der Waals surface area contributed by atoms with Crippen LogP contribution in [0.25, 0.3) is 11.0 Å². The number of carbonyl (C=O) groups excluding carboxylic acids is 1. The van der Waals surface area contributed by atoms with Crippen LogP contribution < -0.4 is 10.3 Å². The molecule has 33 heavy (non-hydrogen) atoms. The van der Waals surface area contributed by atoms with Crippen molar-refractivity contribution in [3.05, 3.63) is 110 Å². The third-order valence-electron chi connectivity index (χ3n) is 6.20. The van der Waals surface area contributed by atoms with Gasteiger partial charge in [-0.25, -0.2) is 0 Å². The van der Waals surface area contributed by atoms with E-state index in [0.29, 0.717) is 21.6 Å². The van der Waals surface area contributed by atoms with Gasteiger partial charge in [-0.05, 0) is 59.4 Å². The van der Waals surface area contributed by atoms with Gasteiger partial charge in [0.25, 0.3) is 5.91 Å². The molecule has 3 aromatic carbocycles. The van der Waals surface area contributed by atoms with Crippen LogP contribution in [0.4, 0.5) is 5.69 Å². The summed E-state index contributed by atoms with van der Waals surface area (Å²) >= 11 is 6.17. The van der Waals surface area contributed by atoms with Crippen molar-refractivity contribution in [3.63, 3.8) is 0 Å². The second kappa shape index (κ2) is 7.60. The van der Waals surface area contributed by atoms with Crippen molar-refractivity contribution < 1.29 is 9.21 Å². The Bertz CT molecular complexity index is 1460. The molecular formula is C28H24ClNO3. The van der Waals surface area contributed by atoms with Crippen LogP contribution in [0.5, 0.6) is 0 Å². The van der Waals surface area contributed by atoms with Crippen LogP contribution in [-0.2, 0) is 5.41 Å². The van der Waals surface area contributed by atoms with Gasteiger partial charge < -0.3 is 4.42 Å². The number of halogens is 1. The number of hydrogen-bond acceptors (Lipinski definition) is 3. The first-order valence-corrected chi connectivity index (χ1v) is 11.3. The minimum atomic E-state index is -0.594. The summed E-state index contributed by atoms with van der Waals surface area (Å²) in [5.41, 5.74) is 4.23. The summed E-state index contributed by atoms with van der Waals surface area (Å²) in [4.78, 5) is 29.0. The summed E-state index contributed by atoms with van der Waals surface area (Å²) in [6.45, 7) is 8.43. The molecule has 0 aliphatic carbocycles. The van der Waals surface area contributed by atoms with Crippen molar-refractivity contribution in [2.75, 3.05) is 4.90 Å². The van der Waals surface area contributed by atoms with Crippen LogP contribution in [0.1, 0.15) is 59.6 Å². The second-order valence-corrected chi connectivity index (χ2v) is 10.0. The average Bonchev–Trinajstić information content (AvgIpc) is 3.06. The number of benzene rings is 3. The van der Waals surface area contributed by atoms with Gasteiger partial charge in [0.05, 0.1) is 17.0 Å². The number of rotatable bonds is 2. The van der Waals surface area contributed by atoms with Crippen molar-refractivity contribution >= 4 is 34.2 Å². The lowest BCUT2D eigenvalue weighted by Gasteiger charge is -2.26. The number of aryl methyl sites for hydroxylation is 1. The molecule has 1 unspecified atom stereocenters. The number of hydrogen-bond donors (Lipinski definition) is 0. The van der Waals surface area contributed by atoms with E-state index in [1.54, 1.807) is 23.1 Å². The third kappa shape index (κ3) is 3.55. The van der Waals surface area contributed by atoms with E-state index in [1.807, 2.05) is 43.3 Å². The van der Waals surface area contributed by atoms with Gasteiger partial charge in [0.15, 0.2) is 5.43 Å². The first-order valence-electron chi connectivity index (χ1n) is 10.9. The normalized spacial score (nSPS) is 15.8. The van der Waals surface area contributed by atoms with Gasteiger partial charge in [-0.3, -0.25) is 14.5 Å². The number of nitrogens with zero attached hydrogens (tertiary/aromatic N) is 1. The van der Waals surface area contributed by atoms with E-state index >= 15 is 0 Å². The van der Waals surface area contributed by atoms with Crippen molar-refractivity contribution in [2.24, 2.45) is 0 Å². The molecule has 166 valence electrons. The molecule has 0 fully saturated rings. The number of fused-ring (bicyclic) bond motifs is 2. The molecule has 0 saturated carbocycles. The molecule has 2 heterocycles. The maximum Gasteiger partial charge on any atom is 0.295 e. The smallest absolute Gasteiger partial charge is 0.295 e. The number of anilines is 1. The summed E-state index contributed by atoms with van der Waals surface area (Å²) in [5, 5.41) is 0.817.